The van der Waals surface area contributed by atoms with Gasteiger partial charge in [0.1, 0.15) is 17.3 Å². The Bertz CT molecular complexity index is 938. The van der Waals surface area contributed by atoms with Crippen LogP contribution < -0.4 is 14.8 Å². The van der Waals surface area contributed by atoms with E-state index in [2.05, 4.69) is 27.6 Å². The number of nitrogens with one attached hydrogen (secondary N) is 1. The Labute approximate surface area is 174 Å². The minimum atomic E-state index is -0.138. The molecule has 0 aliphatic rings. The summed E-state index contributed by atoms with van der Waals surface area (Å²) in [5.74, 6) is 2.20. The molecule has 0 fully saturated rings. The van der Waals surface area contributed by atoms with Crippen LogP contribution in [0.2, 0.25) is 0 Å². The fourth-order valence-corrected chi connectivity index (χ4v) is 3.68. The van der Waals surface area contributed by atoms with Crippen molar-refractivity contribution in [2.24, 2.45) is 0 Å². The Kier molecular flexibility index (Phi) is 7.13. The van der Waals surface area contributed by atoms with E-state index in [9.17, 15) is 4.79 Å². The van der Waals surface area contributed by atoms with E-state index in [-0.39, 0.29) is 11.7 Å². The van der Waals surface area contributed by atoms with Crippen molar-refractivity contribution in [2.45, 2.75) is 25.0 Å². The zero-order chi connectivity index (χ0) is 20.6. The monoisotopic (exact) mass is 412 g/mol. The van der Waals surface area contributed by atoms with Gasteiger partial charge in [0, 0.05) is 36.9 Å². The first-order valence-electron chi connectivity index (χ1n) is 9.24. The fraction of sp³-hybridized carbons (Fsp3) is 0.286. The first kappa shape index (κ1) is 20.7. The number of carbonyl (C=O) groups is 1. The number of amides is 1. The number of anilines is 1. The first-order valence-corrected chi connectivity index (χ1v) is 10.2. The summed E-state index contributed by atoms with van der Waals surface area (Å²) in [6, 6.07) is 15.4. The highest BCUT2D eigenvalue weighted by atomic mass is 32.2. The minimum Gasteiger partial charge on any atom is -0.497 e. The van der Waals surface area contributed by atoms with Gasteiger partial charge in [-0.15, -0.1) is 10.2 Å². The summed E-state index contributed by atoms with van der Waals surface area (Å²) in [5.41, 5.74) is 1.80. The van der Waals surface area contributed by atoms with Crippen LogP contribution in [0.1, 0.15) is 18.3 Å². The summed E-state index contributed by atoms with van der Waals surface area (Å²) in [7, 11) is 3.14. The van der Waals surface area contributed by atoms with Crippen molar-refractivity contribution >= 4 is 23.4 Å². The number of thioether (sulfide) groups is 1. The molecule has 0 saturated carbocycles. The molecule has 0 spiro atoms. The van der Waals surface area contributed by atoms with Gasteiger partial charge in [0.25, 0.3) is 0 Å². The summed E-state index contributed by atoms with van der Waals surface area (Å²) < 4.78 is 12.5. The summed E-state index contributed by atoms with van der Waals surface area (Å²) in [4.78, 5) is 12.4. The standard InChI is InChI=1S/C21H24N4O3S/c1-4-25-19(10-15-8-6-5-7-9-15)23-24-21(25)29-14-20(26)22-16-11-17(27-2)13-18(12-16)28-3/h5-9,11-13H,4,10,14H2,1-3H3,(H,22,26). The lowest BCUT2D eigenvalue weighted by molar-refractivity contribution is -0.113. The maximum absolute atomic E-state index is 12.4. The maximum atomic E-state index is 12.4. The van der Waals surface area contributed by atoms with Crippen LogP contribution in [0.5, 0.6) is 11.5 Å². The van der Waals surface area contributed by atoms with Crippen LogP contribution in [-0.4, -0.2) is 40.6 Å². The van der Waals surface area contributed by atoms with Crippen LogP contribution in [0.15, 0.2) is 53.7 Å². The molecular formula is C21H24N4O3S. The van der Waals surface area contributed by atoms with Gasteiger partial charge in [0.15, 0.2) is 5.16 Å². The van der Waals surface area contributed by atoms with Crippen molar-refractivity contribution < 1.29 is 14.3 Å². The Morgan fingerprint density at radius 1 is 1.07 bits per heavy atom. The molecule has 3 aromatic rings. The Morgan fingerprint density at radius 3 is 2.38 bits per heavy atom. The number of methoxy groups -OCH3 is 2. The Hall–Kier alpha value is -3.00. The average molecular weight is 413 g/mol. The van der Waals surface area contributed by atoms with Crippen molar-refractivity contribution in [3.8, 4) is 11.5 Å². The van der Waals surface area contributed by atoms with E-state index in [0.717, 1.165) is 17.5 Å². The molecule has 7 nitrogen and oxygen atoms in total. The highest BCUT2D eigenvalue weighted by molar-refractivity contribution is 7.99. The molecule has 0 saturated heterocycles. The van der Waals surface area contributed by atoms with Gasteiger partial charge < -0.3 is 19.4 Å². The maximum Gasteiger partial charge on any atom is 0.234 e. The van der Waals surface area contributed by atoms with E-state index in [1.54, 1.807) is 32.4 Å². The van der Waals surface area contributed by atoms with Crippen LogP contribution in [0.3, 0.4) is 0 Å². The number of nitrogens with zero attached hydrogens (tertiary/aromatic N) is 3. The lowest BCUT2D eigenvalue weighted by Crippen LogP contribution is -2.15. The van der Waals surface area contributed by atoms with E-state index >= 15 is 0 Å². The van der Waals surface area contributed by atoms with Gasteiger partial charge >= 0.3 is 0 Å². The molecule has 8 heteroatoms. The zero-order valence-electron chi connectivity index (χ0n) is 16.7. The summed E-state index contributed by atoms with van der Waals surface area (Å²) in [6.07, 6.45) is 0.706. The third-order valence-electron chi connectivity index (χ3n) is 4.28. The fourth-order valence-electron chi connectivity index (χ4n) is 2.86. The van der Waals surface area contributed by atoms with Crippen LogP contribution in [0.4, 0.5) is 5.69 Å². The Morgan fingerprint density at radius 2 is 1.76 bits per heavy atom. The summed E-state index contributed by atoms with van der Waals surface area (Å²) >= 11 is 1.37. The van der Waals surface area contributed by atoms with Crippen molar-refractivity contribution in [3.63, 3.8) is 0 Å². The number of ether oxygens (including phenoxy) is 2. The minimum absolute atomic E-state index is 0.138. The molecule has 1 amide bonds. The summed E-state index contributed by atoms with van der Waals surface area (Å²) in [6.45, 7) is 2.79. The SMILES string of the molecule is CCn1c(Cc2ccccc2)nnc1SCC(=O)Nc1cc(OC)cc(OC)c1. The second-order valence-corrected chi connectivity index (χ2v) is 7.19. The predicted molar refractivity (Wildman–Crippen MR) is 114 cm³/mol. The van der Waals surface area contributed by atoms with Crippen molar-refractivity contribution in [3.05, 3.63) is 59.9 Å². The molecule has 0 radical (unpaired) electrons. The van der Waals surface area contributed by atoms with E-state index in [4.69, 9.17) is 9.47 Å². The third-order valence-corrected chi connectivity index (χ3v) is 5.25. The Balaban J connectivity index is 1.63. The molecule has 1 aromatic heterocycles. The molecule has 3 rings (SSSR count). The number of aromatic nitrogens is 3. The predicted octanol–water partition coefficient (Wildman–Crippen LogP) is 3.64. The number of hydrogen-bond donors (Lipinski definition) is 1. The van der Waals surface area contributed by atoms with Gasteiger partial charge in [-0.3, -0.25) is 4.79 Å². The molecule has 2 aromatic carbocycles. The number of rotatable bonds is 9. The van der Waals surface area contributed by atoms with Crippen LogP contribution in [-0.2, 0) is 17.8 Å². The second kappa shape index (κ2) is 9.97. The average Bonchev–Trinajstić information content (AvgIpc) is 3.14. The van der Waals surface area contributed by atoms with Crippen molar-refractivity contribution in [1.82, 2.24) is 14.8 Å². The molecule has 0 aliphatic heterocycles. The highest BCUT2D eigenvalue weighted by Crippen LogP contribution is 2.26. The highest BCUT2D eigenvalue weighted by Gasteiger charge is 2.14. The van der Waals surface area contributed by atoms with Gasteiger partial charge in [-0.25, -0.2) is 0 Å². The quantitative estimate of drug-likeness (QED) is 0.541. The van der Waals surface area contributed by atoms with Crippen molar-refractivity contribution in [1.29, 1.82) is 0 Å². The largest absolute Gasteiger partial charge is 0.497 e. The van der Waals surface area contributed by atoms with E-state index in [0.29, 0.717) is 23.6 Å². The molecule has 1 N–H and O–H groups in total. The van der Waals surface area contributed by atoms with E-state index in [1.807, 2.05) is 29.7 Å². The number of carbonyl (C=O) groups excluding carboxylic acids is 1. The van der Waals surface area contributed by atoms with Gasteiger partial charge in [-0.2, -0.15) is 0 Å². The smallest absolute Gasteiger partial charge is 0.234 e. The van der Waals surface area contributed by atoms with Gasteiger partial charge in [0.05, 0.1) is 20.0 Å². The topological polar surface area (TPSA) is 78.3 Å². The van der Waals surface area contributed by atoms with Crippen LogP contribution >= 0.6 is 11.8 Å². The third kappa shape index (κ3) is 5.51. The van der Waals surface area contributed by atoms with Crippen molar-refractivity contribution in [2.75, 3.05) is 25.3 Å². The molecular weight excluding hydrogens is 388 g/mol. The number of benzene rings is 2. The lowest BCUT2D eigenvalue weighted by atomic mass is 10.1. The van der Waals surface area contributed by atoms with Gasteiger partial charge in [0.2, 0.25) is 5.91 Å². The zero-order valence-corrected chi connectivity index (χ0v) is 17.5. The van der Waals surface area contributed by atoms with E-state index in [1.165, 1.54) is 17.3 Å². The second-order valence-electron chi connectivity index (χ2n) is 6.24. The molecule has 1 heterocycles. The lowest BCUT2D eigenvalue weighted by Gasteiger charge is -2.10. The molecule has 0 atom stereocenters. The van der Waals surface area contributed by atoms with E-state index < -0.39 is 0 Å². The molecule has 152 valence electrons. The van der Waals surface area contributed by atoms with Crippen LogP contribution in [0, 0.1) is 0 Å². The van der Waals surface area contributed by atoms with Gasteiger partial charge in [-0.05, 0) is 12.5 Å². The molecule has 0 unspecified atom stereocenters. The molecule has 0 aliphatic carbocycles. The van der Waals surface area contributed by atoms with Crippen LogP contribution in [0.25, 0.3) is 0 Å². The van der Waals surface area contributed by atoms with Gasteiger partial charge in [-0.1, -0.05) is 42.1 Å². The molecule has 29 heavy (non-hydrogen) atoms. The summed E-state index contributed by atoms with van der Waals surface area (Å²) in [5, 5.41) is 12.2. The first-order chi connectivity index (χ1) is 14.1. The number of hydrogen-bond acceptors (Lipinski definition) is 6. The molecule has 0 bridgehead atoms. The normalized spacial score (nSPS) is 10.6.